The molecule has 0 aromatic heterocycles. The molecule has 130 valence electrons. The molecule has 0 amide bonds. The number of carboxylic acid groups (broad SMARTS) is 1. The van der Waals surface area contributed by atoms with Crippen LogP contribution >= 0.6 is 0 Å². The molecule has 0 saturated carbocycles. The second-order valence-electron chi connectivity index (χ2n) is 6.09. The Balaban J connectivity index is 0. The number of aliphatic carboxylic acids is 1. The van der Waals surface area contributed by atoms with Gasteiger partial charge in [-0.05, 0) is 6.42 Å². The quantitative estimate of drug-likeness (QED) is 0.211. The van der Waals surface area contributed by atoms with Crippen LogP contribution in [0.15, 0.2) is 0 Å². The van der Waals surface area contributed by atoms with Crippen LogP contribution < -0.4 is 0 Å². The molecule has 0 rings (SSSR count). The first kappa shape index (κ1) is 24.4. The van der Waals surface area contributed by atoms with Crippen molar-refractivity contribution in [1.82, 2.24) is 0 Å². The first-order valence-electron chi connectivity index (χ1n) is 9.19. The first-order chi connectivity index (χ1) is 10.8. The van der Waals surface area contributed by atoms with E-state index >= 15 is 0 Å². The number of hydrogen-bond donors (Lipinski definition) is 1. The molecule has 0 aromatic carbocycles. The fraction of sp³-hybridized carbons (Fsp3) is 0.944. The van der Waals surface area contributed by atoms with Crippen molar-refractivity contribution >= 4 is 31.7 Å². The SMILES string of the molecule is CCCCCCCCCCCCCCCCCC(=O)O.[O]=[Pb]. The molecule has 0 spiro atoms. The van der Waals surface area contributed by atoms with Gasteiger partial charge in [0, 0.05) is 6.42 Å². The number of carboxylic acids is 1. The Labute approximate surface area is 153 Å². The van der Waals surface area contributed by atoms with Crippen LogP contribution in [0.2, 0.25) is 0 Å². The average molecular weight is 508 g/mol. The molecule has 0 aliphatic heterocycles. The molecule has 0 bridgehead atoms. The third-order valence-electron chi connectivity index (χ3n) is 3.99. The zero-order valence-electron chi connectivity index (χ0n) is 14.6. The third kappa shape index (κ3) is 25.2. The van der Waals surface area contributed by atoms with E-state index in [0.717, 1.165) is 12.8 Å². The molecule has 0 aromatic rings. The Kier molecular flexibility index (Phi) is 26.1. The molecule has 22 heavy (non-hydrogen) atoms. The molecule has 0 aliphatic carbocycles. The molecule has 0 atom stereocenters. The van der Waals surface area contributed by atoms with Gasteiger partial charge in [-0.15, -0.1) is 0 Å². The Morgan fingerprint density at radius 1 is 0.636 bits per heavy atom. The number of unbranched alkanes of at least 4 members (excludes halogenated alkanes) is 14. The van der Waals surface area contributed by atoms with Gasteiger partial charge in [-0.2, -0.15) is 0 Å². The molecule has 3 nitrogen and oxygen atoms in total. The molecule has 0 fully saturated rings. The maximum absolute atomic E-state index is 10.3. The Bertz CT molecular complexity index is 222. The molecule has 0 unspecified atom stereocenters. The van der Waals surface area contributed by atoms with Crippen molar-refractivity contribution in [1.29, 1.82) is 0 Å². The van der Waals surface area contributed by atoms with E-state index in [4.69, 9.17) is 7.79 Å². The van der Waals surface area contributed by atoms with Crippen molar-refractivity contribution in [3.05, 3.63) is 0 Å². The monoisotopic (exact) mass is 508 g/mol. The predicted octanol–water partition coefficient (Wildman–Crippen LogP) is 5.83. The van der Waals surface area contributed by atoms with Gasteiger partial charge in [-0.3, -0.25) is 4.79 Å². The van der Waals surface area contributed by atoms with E-state index in [1.54, 1.807) is 0 Å². The molecule has 0 heterocycles. The second kappa shape index (κ2) is 23.5. The van der Waals surface area contributed by atoms with E-state index < -0.39 is 5.97 Å². The fourth-order valence-electron chi connectivity index (χ4n) is 2.65. The summed E-state index contributed by atoms with van der Waals surface area (Å²) < 4.78 is 8.39. The summed E-state index contributed by atoms with van der Waals surface area (Å²) in [6, 6.07) is 0. The number of carbonyl (C=O) groups is 1. The summed E-state index contributed by atoms with van der Waals surface area (Å²) in [5.41, 5.74) is 0. The average Bonchev–Trinajstić information content (AvgIpc) is 2.53. The van der Waals surface area contributed by atoms with Crippen LogP contribution in [0.4, 0.5) is 0 Å². The van der Waals surface area contributed by atoms with Gasteiger partial charge in [0.2, 0.25) is 0 Å². The summed E-state index contributed by atoms with van der Waals surface area (Å²) in [6.45, 7) is 2.27. The van der Waals surface area contributed by atoms with E-state index in [1.807, 2.05) is 0 Å². The zero-order valence-corrected chi connectivity index (χ0v) is 18.5. The van der Waals surface area contributed by atoms with Gasteiger partial charge < -0.3 is 5.11 Å². The van der Waals surface area contributed by atoms with E-state index in [0.29, 0.717) is 6.42 Å². The minimum absolute atomic E-state index is 0.0556. The summed E-state index contributed by atoms with van der Waals surface area (Å²) in [5, 5.41) is 8.52. The van der Waals surface area contributed by atoms with Crippen LogP contribution in [0.25, 0.3) is 0 Å². The van der Waals surface area contributed by atoms with Crippen molar-refractivity contribution < 1.29 is 12.6 Å². The molecule has 1 N–H and O–H groups in total. The van der Waals surface area contributed by atoms with Crippen LogP contribution in [0.1, 0.15) is 110 Å². The summed E-state index contributed by atoms with van der Waals surface area (Å²) in [6.07, 6.45) is 20.2. The Morgan fingerprint density at radius 3 is 1.18 bits per heavy atom. The Morgan fingerprint density at radius 2 is 0.909 bits per heavy atom. The van der Waals surface area contributed by atoms with Gasteiger partial charge in [0.25, 0.3) is 0 Å². The van der Waals surface area contributed by atoms with Crippen LogP contribution in [0, 0.1) is 0 Å². The summed E-state index contributed by atoms with van der Waals surface area (Å²) >= 11 is 0.0556. The van der Waals surface area contributed by atoms with Crippen molar-refractivity contribution in [2.45, 2.75) is 110 Å². The number of rotatable bonds is 16. The standard InChI is InChI=1S/C18H36O2.O.Pb/c1-2-3-4-5-6-7-8-9-10-11-12-13-14-15-16-17-18(19)20;;/h2-17H2,1H3,(H,19,20);;. The minimum atomic E-state index is -0.653. The van der Waals surface area contributed by atoms with Gasteiger partial charge in [0.15, 0.2) is 0 Å². The number of hydrogen-bond acceptors (Lipinski definition) is 2. The van der Waals surface area contributed by atoms with E-state index in [1.165, 1.54) is 83.5 Å². The maximum atomic E-state index is 10.3. The third-order valence-corrected chi connectivity index (χ3v) is 3.99. The van der Waals surface area contributed by atoms with Gasteiger partial charge in [0.1, 0.15) is 0 Å². The fourth-order valence-corrected chi connectivity index (χ4v) is 2.65. The predicted molar refractivity (Wildman–Crippen MR) is 93.6 cm³/mol. The molecule has 4 heteroatoms. The molecule has 0 saturated heterocycles. The van der Waals surface area contributed by atoms with E-state index in [9.17, 15) is 4.79 Å². The van der Waals surface area contributed by atoms with E-state index in [-0.39, 0.29) is 25.8 Å². The second-order valence-corrected chi connectivity index (χ2v) is 6.09. The first-order valence-corrected chi connectivity index (χ1v) is 10.8. The molecule has 0 aliphatic rings. The van der Waals surface area contributed by atoms with Crippen molar-refractivity contribution in [3.8, 4) is 0 Å². The van der Waals surface area contributed by atoms with Crippen LogP contribution in [-0.2, 0) is 7.48 Å². The topological polar surface area (TPSA) is 54.4 Å². The normalized spacial score (nSPS) is 10.0. The molecular formula is C18H36O3Pb. The molecule has 2 radical (unpaired) electrons. The van der Waals surface area contributed by atoms with E-state index in [2.05, 4.69) is 6.92 Å². The van der Waals surface area contributed by atoms with Crippen molar-refractivity contribution in [3.63, 3.8) is 0 Å². The van der Waals surface area contributed by atoms with Crippen LogP contribution in [-0.4, -0.2) is 36.9 Å². The summed E-state index contributed by atoms with van der Waals surface area (Å²) in [5.74, 6) is -0.653. The summed E-state index contributed by atoms with van der Waals surface area (Å²) in [7, 11) is 0. The van der Waals surface area contributed by atoms with Gasteiger partial charge in [0.05, 0.1) is 0 Å². The van der Waals surface area contributed by atoms with Crippen molar-refractivity contribution in [2.75, 3.05) is 0 Å². The van der Waals surface area contributed by atoms with Gasteiger partial charge in [-0.1, -0.05) is 96.8 Å². The van der Waals surface area contributed by atoms with Crippen molar-refractivity contribution in [2.24, 2.45) is 0 Å². The van der Waals surface area contributed by atoms with Crippen LogP contribution in [0.3, 0.4) is 0 Å². The molecular weight excluding hydrogens is 471 g/mol. The van der Waals surface area contributed by atoms with Gasteiger partial charge >= 0.3 is 34.4 Å². The zero-order chi connectivity index (χ0) is 16.9. The summed E-state index contributed by atoms with van der Waals surface area (Å²) in [4.78, 5) is 10.3. The van der Waals surface area contributed by atoms with Crippen LogP contribution in [0.5, 0.6) is 0 Å². The Hall–Kier alpha value is 0.192. The van der Waals surface area contributed by atoms with Gasteiger partial charge in [-0.25, -0.2) is 0 Å².